The Balaban J connectivity index is 2.86. The molecular weight excluding hydrogens is 377 g/mol. The summed E-state index contributed by atoms with van der Waals surface area (Å²) in [5.41, 5.74) is 0. The Kier molecular flexibility index (Phi) is 5.97. The van der Waals surface area contributed by atoms with Crippen LogP contribution in [0.3, 0.4) is 0 Å². The van der Waals surface area contributed by atoms with Gasteiger partial charge in [0.2, 0.25) is 0 Å². The highest BCUT2D eigenvalue weighted by Gasteiger charge is 2.19. The number of carbonyl (C=O) groups excluding carboxylic acids is 1. The van der Waals surface area contributed by atoms with Gasteiger partial charge in [-0.3, -0.25) is 4.79 Å². The standard InChI is InChI=1S/C11H10BrClFNO4S/c1-2-3-15-11(16)6-19-9-5-8(14)10(4-7(9)12)20(13,17)18/h2,4-5H,1,3,6H2,(H,15,16). The second-order valence-electron chi connectivity index (χ2n) is 3.53. The first-order chi connectivity index (χ1) is 9.25. The molecule has 0 unspecified atom stereocenters. The van der Waals surface area contributed by atoms with E-state index in [0.717, 1.165) is 12.1 Å². The lowest BCUT2D eigenvalue weighted by Crippen LogP contribution is -2.28. The van der Waals surface area contributed by atoms with Crippen LogP contribution in [0.25, 0.3) is 0 Å². The van der Waals surface area contributed by atoms with Crippen LogP contribution < -0.4 is 10.1 Å². The van der Waals surface area contributed by atoms with E-state index in [9.17, 15) is 17.6 Å². The zero-order valence-corrected chi connectivity index (χ0v) is 13.2. The average Bonchev–Trinajstić information content (AvgIpc) is 2.35. The molecule has 1 amide bonds. The number of benzene rings is 1. The van der Waals surface area contributed by atoms with Crippen molar-refractivity contribution < 1.29 is 22.3 Å². The van der Waals surface area contributed by atoms with E-state index in [-0.39, 0.29) is 23.4 Å². The molecule has 0 saturated heterocycles. The highest BCUT2D eigenvalue weighted by molar-refractivity contribution is 9.10. The molecule has 20 heavy (non-hydrogen) atoms. The summed E-state index contributed by atoms with van der Waals surface area (Å²) in [6.45, 7) is 3.36. The molecule has 5 nitrogen and oxygen atoms in total. The molecule has 0 atom stereocenters. The fourth-order valence-corrected chi connectivity index (χ4v) is 2.70. The minimum Gasteiger partial charge on any atom is -0.482 e. The third-order valence-corrected chi connectivity index (χ3v) is 4.01. The first-order valence-corrected chi connectivity index (χ1v) is 8.30. The fraction of sp³-hybridized carbons (Fsp3) is 0.182. The molecule has 0 aliphatic heterocycles. The molecule has 0 aromatic heterocycles. The van der Waals surface area contributed by atoms with Gasteiger partial charge in [-0.15, -0.1) is 6.58 Å². The first-order valence-electron chi connectivity index (χ1n) is 5.19. The number of ether oxygens (including phenoxy) is 1. The molecule has 110 valence electrons. The largest absolute Gasteiger partial charge is 0.482 e. The number of carbonyl (C=O) groups is 1. The Morgan fingerprint density at radius 3 is 2.75 bits per heavy atom. The molecule has 0 heterocycles. The van der Waals surface area contributed by atoms with E-state index in [1.165, 1.54) is 6.08 Å². The van der Waals surface area contributed by atoms with E-state index in [0.29, 0.717) is 0 Å². The molecule has 0 radical (unpaired) electrons. The maximum atomic E-state index is 13.6. The summed E-state index contributed by atoms with van der Waals surface area (Å²) in [7, 11) is 0.875. The molecule has 1 N–H and O–H groups in total. The summed E-state index contributed by atoms with van der Waals surface area (Å²) in [5, 5.41) is 2.46. The Morgan fingerprint density at radius 1 is 1.55 bits per heavy atom. The van der Waals surface area contributed by atoms with Crippen molar-refractivity contribution in [3.8, 4) is 5.75 Å². The molecule has 0 bridgehead atoms. The van der Waals surface area contributed by atoms with Crippen LogP contribution in [-0.2, 0) is 13.8 Å². The average molecular weight is 387 g/mol. The lowest BCUT2D eigenvalue weighted by atomic mass is 10.3. The second-order valence-corrected chi connectivity index (χ2v) is 6.92. The van der Waals surface area contributed by atoms with Gasteiger partial charge in [-0.25, -0.2) is 12.8 Å². The van der Waals surface area contributed by atoms with E-state index < -0.39 is 25.7 Å². The van der Waals surface area contributed by atoms with Crippen molar-refractivity contribution in [3.63, 3.8) is 0 Å². The number of hydrogen-bond acceptors (Lipinski definition) is 4. The van der Waals surface area contributed by atoms with Crippen molar-refractivity contribution in [2.45, 2.75) is 4.90 Å². The van der Waals surface area contributed by atoms with Crippen LogP contribution in [-0.4, -0.2) is 27.5 Å². The SMILES string of the molecule is C=CCNC(=O)COc1cc(F)c(S(=O)(=O)Cl)cc1Br. The first kappa shape index (κ1) is 16.9. The van der Waals surface area contributed by atoms with Crippen LogP contribution in [0.1, 0.15) is 0 Å². The lowest BCUT2D eigenvalue weighted by molar-refractivity contribution is -0.122. The highest BCUT2D eigenvalue weighted by Crippen LogP contribution is 2.31. The Hall–Kier alpha value is -1.12. The zero-order valence-electron chi connectivity index (χ0n) is 10.0. The van der Waals surface area contributed by atoms with Crippen molar-refractivity contribution in [1.29, 1.82) is 0 Å². The van der Waals surface area contributed by atoms with Crippen LogP contribution in [0.5, 0.6) is 5.75 Å². The molecule has 0 aliphatic carbocycles. The normalized spacial score (nSPS) is 10.9. The molecule has 1 rings (SSSR count). The second kappa shape index (κ2) is 7.05. The van der Waals surface area contributed by atoms with E-state index >= 15 is 0 Å². The maximum absolute atomic E-state index is 13.6. The van der Waals surface area contributed by atoms with Gasteiger partial charge in [0.1, 0.15) is 16.5 Å². The van der Waals surface area contributed by atoms with Crippen LogP contribution in [0.2, 0.25) is 0 Å². The summed E-state index contributed by atoms with van der Waals surface area (Å²) in [6.07, 6.45) is 1.49. The number of rotatable bonds is 6. The number of halogens is 3. The summed E-state index contributed by atoms with van der Waals surface area (Å²) >= 11 is 3.01. The summed E-state index contributed by atoms with van der Waals surface area (Å²) in [4.78, 5) is 10.6. The maximum Gasteiger partial charge on any atom is 0.264 e. The van der Waals surface area contributed by atoms with E-state index in [1.54, 1.807) is 0 Å². The molecule has 1 aromatic rings. The molecular formula is C11H10BrClFNO4S. The summed E-state index contributed by atoms with van der Waals surface area (Å²) in [6, 6.07) is 1.80. The van der Waals surface area contributed by atoms with Gasteiger partial charge in [0, 0.05) is 23.3 Å². The minimum absolute atomic E-state index is 0.0136. The van der Waals surface area contributed by atoms with Crippen LogP contribution >= 0.6 is 26.6 Å². The van der Waals surface area contributed by atoms with E-state index in [1.807, 2.05) is 0 Å². The van der Waals surface area contributed by atoms with Gasteiger partial charge in [0.05, 0.1) is 4.47 Å². The summed E-state index contributed by atoms with van der Waals surface area (Å²) < 4.78 is 41.0. The topological polar surface area (TPSA) is 72.5 Å². The monoisotopic (exact) mass is 385 g/mol. The van der Waals surface area contributed by atoms with E-state index in [2.05, 4.69) is 27.8 Å². The molecule has 0 spiro atoms. The van der Waals surface area contributed by atoms with Crippen molar-refractivity contribution in [2.24, 2.45) is 0 Å². The minimum atomic E-state index is -4.19. The van der Waals surface area contributed by atoms with Crippen LogP contribution in [0, 0.1) is 5.82 Å². The van der Waals surface area contributed by atoms with Gasteiger partial charge >= 0.3 is 0 Å². The number of hydrogen-bond donors (Lipinski definition) is 1. The number of nitrogens with one attached hydrogen (secondary N) is 1. The van der Waals surface area contributed by atoms with E-state index in [4.69, 9.17) is 15.4 Å². The van der Waals surface area contributed by atoms with Crippen molar-refractivity contribution in [2.75, 3.05) is 13.2 Å². The molecule has 0 fully saturated rings. The van der Waals surface area contributed by atoms with Gasteiger partial charge in [-0.05, 0) is 22.0 Å². The highest BCUT2D eigenvalue weighted by atomic mass is 79.9. The van der Waals surface area contributed by atoms with Gasteiger partial charge in [0.15, 0.2) is 6.61 Å². The Bertz CT molecular complexity index is 636. The Morgan fingerprint density at radius 2 is 2.20 bits per heavy atom. The van der Waals surface area contributed by atoms with Gasteiger partial charge in [-0.2, -0.15) is 0 Å². The van der Waals surface area contributed by atoms with Gasteiger partial charge < -0.3 is 10.1 Å². The quantitative estimate of drug-likeness (QED) is 0.601. The predicted molar refractivity (Wildman–Crippen MR) is 75.8 cm³/mol. The third kappa shape index (κ3) is 4.77. The number of amides is 1. The van der Waals surface area contributed by atoms with Gasteiger partial charge in [0.25, 0.3) is 15.0 Å². The molecule has 0 saturated carbocycles. The third-order valence-electron chi connectivity index (χ3n) is 2.05. The van der Waals surface area contributed by atoms with Crippen molar-refractivity contribution in [1.82, 2.24) is 5.32 Å². The van der Waals surface area contributed by atoms with Crippen LogP contribution in [0.4, 0.5) is 4.39 Å². The summed E-state index contributed by atoms with van der Waals surface area (Å²) in [5.74, 6) is -1.50. The van der Waals surface area contributed by atoms with Gasteiger partial charge in [-0.1, -0.05) is 6.08 Å². The molecule has 1 aromatic carbocycles. The Labute approximate surface area is 128 Å². The van der Waals surface area contributed by atoms with Crippen LogP contribution in [0.15, 0.2) is 34.2 Å². The lowest BCUT2D eigenvalue weighted by Gasteiger charge is -2.09. The smallest absolute Gasteiger partial charge is 0.264 e. The molecule has 9 heteroatoms. The zero-order chi connectivity index (χ0) is 15.3. The molecule has 0 aliphatic rings. The fourth-order valence-electron chi connectivity index (χ4n) is 1.19. The van der Waals surface area contributed by atoms with Crippen molar-refractivity contribution >= 4 is 41.6 Å². The van der Waals surface area contributed by atoms with Crippen molar-refractivity contribution in [3.05, 3.63) is 35.1 Å². The predicted octanol–water partition coefficient (Wildman–Crippen LogP) is 2.20.